The van der Waals surface area contributed by atoms with E-state index in [2.05, 4.69) is 17.1 Å². The van der Waals surface area contributed by atoms with Crippen molar-refractivity contribution in [3.05, 3.63) is 59.3 Å². The molecule has 5 heteroatoms. The predicted molar refractivity (Wildman–Crippen MR) is 103 cm³/mol. The molecule has 0 bridgehead atoms. The molecule has 2 aromatic carbocycles. The fraction of sp³-hybridized carbons (Fsp3) is 0.286. The number of hydrogen-bond donors (Lipinski definition) is 1. The molecule has 0 unspecified atom stereocenters. The van der Waals surface area contributed by atoms with E-state index in [0.29, 0.717) is 30.2 Å². The molecule has 3 aromatic rings. The molecule has 3 rings (SSSR count). The minimum Gasteiger partial charge on any atom is -0.493 e. The molecule has 0 aliphatic carbocycles. The quantitative estimate of drug-likeness (QED) is 0.725. The lowest BCUT2D eigenvalue weighted by molar-refractivity contribution is 0.0751. The third-order valence-corrected chi connectivity index (χ3v) is 4.62. The summed E-state index contributed by atoms with van der Waals surface area (Å²) in [6.07, 6.45) is 1.92. The van der Waals surface area contributed by atoms with Gasteiger partial charge in [0.1, 0.15) is 0 Å². The van der Waals surface area contributed by atoms with Crippen molar-refractivity contribution in [3.63, 3.8) is 0 Å². The van der Waals surface area contributed by atoms with E-state index in [1.165, 1.54) is 0 Å². The molecule has 1 aromatic heterocycles. The number of H-pyrrole nitrogens is 1. The Kier molecular flexibility index (Phi) is 5.16. The first kappa shape index (κ1) is 17.9. The number of benzene rings is 2. The number of ether oxygens (including phenoxy) is 2. The van der Waals surface area contributed by atoms with Crippen LogP contribution in [0, 0.1) is 6.92 Å². The van der Waals surface area contributed by atoms with Crippen molar-refractivity contribution in [1.29, 1.82) is 0 Å². The molecule has 0 saturated heterocycles. The molecule has 0 aliphatic rings. The van der Waals surface area contributed by atoms with Crippen LogP contribution >= 0.6 is 0 Å². The fourth-order valence-corrected chi connectivity index (χ4v) is 3.13. The van der Waals surface area contributed by atoms with E-state index in [1.54, 1.807) is 20.3 Å². The van der Waals surface area contributed by atoms with Gasteiger partial charge in [0.25, 0.3) is 5.91 Å². The van der Waals surface area contributed by atoms with E-state index in [-0.39, 0.29) is 5.91 Å². The molecule has 0 aliphatic heterocycles. The summed E-state index contributed by atoms with van der Waals surface area (Å²) >= 11 is 0. The van der Waals surface area contributed by atoms with E-state index < -0.39 is 0 Å². The number of amides is 1. The Morgan fingerprint density at radius 1 is 1.08 bits per heavy atom. The van der Waals surface area contributed by atoms with Gasteiger partial charge >= 0.3 is 0 Å². The number of carbonyl (C=O) groups excluding carboxylic acids is 1. The Labute approximate surface area is 153 Å². The van der Waals surface area contributed by atoms with Gasteiger partial charge in [0, 0.05) is 30.4 Å². The van der Waals surface area contributed by atoms with Gasteiger partial charge in [-0.15, -0.1) is 0 Å². The summed E-state index contributed by atoms with van der Waals surface area (Å²) in [7, 11) is 3.17. The lowest BCUT2D eigenvalue weighted by atomic mass is 10.1. The fourth-order valence-electron chi connectivity index (χ4n) is 3.13. The Bertz CT molecular complexity index is 930. The van der Waals surface area contributed by atoms with Gasteiger partial charge in [0.15, 0.2) is 11.5 Å². The molecule has 5 nitrogen and oxygen atoms in total. The molecule has 1 amide bonds. The second kappa shape index (κ2) is 7.52. The van der Waals surface area contributed by atoms with Gasteiger partial charge in [-0.1, -0.05) is 6.07 Å². The van der Waals surface area contributed by atoms with Gasteiger partial charge in [-0.3, -0.25) is 4.79 Å². The molecular formula is C21H24N2O3. The number of fused-ring (bicyclic) bond motifs is 1. The van der Waals surface area contributed by atoms with Gasteiger partial charge in [-0.05, 0) is 60.7 Å². The second-order valence-electron chi connectivity index (χ2n) is 6.24. The molecule has 0 fully saturated rings. The molecule has 0 spiro atoms. The standard InChI is InChI=1S/C21H24N2O3/c1-5-23(13-15-6-7-18-16(11-15)8-9-22-18)21(24)17-12-20(26-4)19(25-3)10-14(17)2/h6-12,22H,5,13H2,1-4H3. The number of methoxy groups -OCH3 is 2. The van der Waals surface area contributed by atoms with Crippen LogP contribution in [0.3, 0.4) is 0 Å². The number of aryl methyl sites for hydroxylation is 1. The molecule has 0 radical (unpaired) electrons. The topological polar surface area (TPSA) is 54.6 Å². The van der Waals surface area contributed by atoms with Gasteiger partial charge < -0.3 is 19.4 Å². The number of nitrogens with one attached hydrogen (secondary N) is 1. The van der Waals surface area contributed by atoms with E-state index in [1.807, 2.05) is 43.1 Å². The summed E-state index contributed by atoms with van der Waals surface area (Å²) < 4.78 is 10.7. The predicted octanol–water partition coefficient (Wildman–Crippen LogP) is 4.16. The first-order valence-corrected chi connectivity index (χ1v) is 8.65. The Morgan fingerprint density at radius 3 is 2.50 bits per heavy atom. The van der Waals surface area contributed by atoms with Gasteiger partial charge in [-0.2, -0.15) is 0 Å². The second-order valence-corrected chi connectivity index (χ2v) is 6.24. The zero-order chi connectivity index (χ0) is 18.7. The van der Waals surface area contributed by atoms with Crippen LogP contribution in [0.1, 0.15) is 28.4 Å². The van der Waals surface area contributed by atoms with E-state index in [0.717, 1.165) is 22.0 Å². The van der Waals surface area contributed by atoms with E-state index in [4.69, 9.17) is 9.47 Å². The van der Waals surface area contributed by atoms with Crippen LogP contribution in [0.5, 0.6) is 11.5 Å². The van der Waals surface area contributed by atoms with Crippen molar-refractivity contribution >= 4 is 16.8 Å². The maximum absolute atomic E-state index is 13.1. The largest absolute Gasteiger partial charge is 0.493 e. The normalized spacial score (nSPS) is 10.8. The summed E-state index contributed by atoms with van der Waals surface area (Å²) in [5, 5.41) is 1.15. The number of carbonyl (C=O) groups is 1. The summed E-state index contributed by atoms with van der Waals surface area (Å²) in [6, 6.07) is 11.8. The lowest BCUT2D eigenvalue weighted by Gasteiger charge is -2.23. The average Bonchev–Trinajstić information content (AvgIpc) is 3.13. The van der Waals surface area contributed by atoms with Crippen LogP contribution in [0.15, 0.2) is 42.6 Å². The van der Waals surface area contributed by atoms with Crippen molar-refractivity contribution in [3.8, 4) is 11.5 Å². The van der Waals surface area contributed by atoms with Crippen LogP contribution in [0.2, 0.25) is 0 Å². The Balaban J connectivity index is 1.88. The lowest BCUT2D eigenvalue weighted by Crippen LogP contribution is -2.30. The van der Waals surface area contributed by atoms with Gasteiger partial charge in [0.05, 0.1) is 14.2 Å². The highest BCUT2D eigenvalue weighted by molar-refractivity contribution is 5.96. The number of nitrogens with zero attached hydrogens (tertiary/aromatic N) is 1. The van der Waals surface area contributed by atoms with Crippen molar-refractivity contribution in [2.45, 2.75) is 20.4 Å². The van der Waals surface area contributed by atoms with Crippen molar-refractivity contribution in [2.75, 3.05) is 20.8 Å². The number of aromatic amines is 1. The molecular weight excluding hydrogens is 328 g/mol. The molecule has 136 valence electrons. The third kappa shape index (κ3) is 3.38. The first-order valence-electron chi connectivity index (χ1n) is 8.65. The van der Waals surface area contributed by atoms with Crippen LogP contribution < -0.4 is 9.47 Å². The Morgan fingerprint density at radius 2 is 1.81 bits per heavy atom. The molecule has 1 heterocycles. The Hall–Kier alpha value is -2.95. The van der Waals surface area contributed by atoms with Crippen LogP contribution in [-0.4, -0.2) is 36.6 Å². The SMILES string of the molecule is CCN(Cc1ccc2[nH]ccc2c1)C(=O)c1cc(OC)c(OC)cc1C. The number of hydrogen-bond acceptors (Lipinski definition) is 3. The van der Waals surface area contributed by atoms with Crippen molar-refractivity contribution < 1.29 is 14.3 Å². The van der Waals surface area contributed by atoms with Crippen LogP contribution in [0.4, 0.5) is 0 Å². The van der Waals surface area contributed by atoms with Crippen LogP contribution in [0.25, 0.3) is 10.9 Å². The molecule has 1 N–H and O–H groups in total. The smallest absolute Gasteiger partial charge is 0.254 e. The van der Waals surface area contributed by atoms with Gasteiger partial charge in [0.2, 0.25) is 0 Å². The molecule has 0 atom stereocenters. The number of rotatable bonds is 6. The maximum Gasteiger partial charge on any atom is 0.254 e. The number of aromatic nitrogens is 1. The highest BCUT2D eigenvalue weighted by Gasteiger charge is 2.19. The van der Waals surface area contributed by atoms with Crippen LogP contribution in [-0.2, 0) is 6.54 Å². The minimum absolute atomic E-state index is 0.0138. The maximum atomic E-state index is 13.1. The zero-order valence-corrected chi connectivity index (χ0v) is 15.6. The monoisotopic (exact) mass is 352 g/mol. The van der Waals surface area contributed by atoms with Gasteiger partial charge in [-0.25, -0.2) is 0 Å². The third-order valence-electron chi connectivity index (χ3n) is 4.62. The highest BCUT2D eigenvalue weighted by atomic mass is 16.5. The average molecular weight is 352 g/mol. The van der Waals surface area contributed by atoms with Crippen molar-refractivity contribution in [1.82, 2.24) is 9.88 Å². The van der Waals surface area contributed by atoms with E-state index >= 15 is 0 Å². The highest BCUT2D eigenvalue weighted by Crippen LogP contribution is 2.31. The summed E-state index contributed by atoms with van der Waals surface area (Å²) in [5.74, 6) is 1.17. The summed E-state index contributed by atoms with van der Waals surface area (Å²) in [5.41, 5.74) is 3.70. The van der Waals surface area contributed by atoms with E-state index in [9.17, 15) is 4.79 Å². The molecule has 0 saturated carbocycles. The van der Waals surface area contributed by atoms with Crippen molar-refractivity contribution in [2.24, 2.45) is 0 Å². The zero-order valence-electron chi connectivity index (χ0n) is 15.6. The molecule has 26 heavy (non-hydrogen) atoms. The minimum atomic E-state index is -0.0138. The summed E-state index contributed by atoms with van der Waals surface area (Å²) in [6.45, 7) is 5.08. The summed E-state index contributed by atoms with van der Waals surface area (Å²) in [4.78, 5) is 18.1. The first-order chi connectivity index (χ1) is 12.6.